The van der Waals surface area contributed by atoms with Crippen LogP contribution in [0, 0.1) is 0 Å². The monoisotopic (exact) mass is 322 g/mol. The zero-order chi connectivity index (χ0) is 18.0. The van der Waals surface area contributed by atoms with Gasteiger partial charge in [0.1, 0.15) is 0 Å². The Hall–Kier alpha value is -1.56. The molecular formula is C24H34. The van der Waals surface area contributed by atoms with E-state index in [0.29, 0.717) is 23.7 Å². The Morgan fingerprint density at radius 1 is 0.417 bits per heavy atom. The lowest BCUT2D eigenvalue weighted by Crippen LogP contribution is -2.06. The van der Waals surface area contributed by atoms with E-state index in [2.05, 4.69) is 91.8 Å². The van der Waals surface area contributed by atoms with Gasteiger partial charge in [-0.2, -0.15) is 0 Å². The normalized spacial score (nSPS) is 12.0. The third-order valence-electron chi connectivity index (χ3n) is 5.00. The van der Waals surface area contributed by atoms with Gasteiger partial charge in [-0.25, -0.2) is 0 Å². The van der Waals surface area contributed by atoms with Gasteiger partial charge in [-0.3, -0.25) is 0 Å². The Morgan fingerprint density at radius 3 is 0.792 bits per heavy atom. The van der Waals surface area contributed by atoms with E-state index in [1.165, 1.54) is 33.4 Å². The van der Waals surface area contributed by atoms with E-state index >= 15 is 0 Å². The minimum absolute atomic E-state index is 0.527. The van der Waals surface area contributed by atoms with Gasteiger partial charge >= 0.3 is 0 Å². The summed E-state index contributed by atoms with van der Waals surface area (Å²) in [7, 11) is 0. The van der Waals surface area contributed by atoms with Crippen LogP contribution in [0.15, 0.2) is 36.4 Å². The van der Waals surface area contributed by atoms with Crippen LogP contribution in [0.1, 0.15) is 101 Å². The number of rotatable bonds is 5. The summed E-state index contributed by atoms with van der Waals surface area (Å²) in [5.74, 6) is 2.11. The molecule has 0 heterocycles. The molecule has 0 bridgehead atoms. The lowest BCUT2D eigenvalue weighted by Gasteiger charge is -2.26. The van der Waals surface area contributed by atoms with Crippen LogP contribution in [0.2, 0.25) is 0 Å². The summed E-state index contributed by atoms with van der Waals surface area (Å²) < 4.78 is 0. The van der Waals surface area contributed by atoms with Crippen LogP contribution in [0.25, 0.3) is 11.1 Å². The van der Waals surface area contributed by atoms with Crippen LogP contribution in [0.3, 0.4) is 0 Å². The first-order valence-corrected chi connectivity index (χ1v) is 9.51. The van der Waals surface area contributed by atoms with Crippen LogP contribution >= 0.6 is 0 Å². The summed E-state index contributed by atoms with van der Waals surface area (Å²) in [6.07, 6.45) is 0. The molecule has 0 aliphatic carbocycles. The lowest BCUT2D eigenvalue weighted by molar-refractivity contribution is 0.817. The highest BCUT2D eigenvalue weighted by Crippen LogP contribution is 2.43. The third kappa shape index (κ3) is 3.58. The van der Waals surface area contributed by atoms with Gasteiger partial charge in [-0.15, -0.1) is 0 Å². The van der Waals surface area contributed by atoms with Crippen LogP contribution in [-0.4, -0.2) is 0 Å². The van der Waals surface area contributed by atoms with Crippen molar-refractivity contribution < 1.29 is 0 Å². The Morgan fingerprint density at radius 2 is 0.625 bits per heavy atom. The van der Waals surface area contributed by atoms with E-state index in [1.54, 1.807) is 0 Å². The Balaban J connectivity index is 2.95. The zero-order valence-electron chi connectivity index (χ0n) is 16.8. The van der Waals surface area contributed by atoms with E-state index in [0.717, 1.165) is 0 Å². The van der Waals surface area contributed by atoms with Gasteiger partial charge in [0, 0.05) is 0 Å². The minimum Gasteiger partial charge on any atom is -0.0617 e. The fraction of sp³-hybridized carbons (Fsp3) is 0.500. The predicted octanol–water partition coefficient (Wildman–Crippen LogP) is 7.85. The first kappa shape index (κ1) is 18.8. The Labute approximate surface area is 149 Å². The maximum Gasteiger partial charge on any atom is -0.0109 e. The molecule has 0 saturated heterocycles. The van der Waals surface area contributed by atoms with Crippen molar-refractivity contribution in [3.05, 3.63) is 58.7 Å². The van der Waals surface area contributed by atoms with E-state index < -0.39 is 0 Å². The summed E-state index contributed by atoms with van der Waals surface area (Å²) in [5.41, 5.74) is 8.92. The largest absolute Gasteiger partial charge is 0.0617 e. The molecule has 0 atom stereocenters. The molecule has 130 valence electrons. The molecule has 0 radical (unpaired) electrons. The van der Waals surface area contributed by atoms with E-state index in [4.69, 9.17) is 0 Å². The minimum atomic E-state index is 0.527. The molecular weight excluding hydrogens is 288 g/mol. The predicted molar refractivity (Wildman–Crippen MR) is 108 cm³/mol. The topological polar surface area (TPSA) is 0 Å². The highest BCUT2D eigenvalue weighted by Gasteiger charge is 2.22. The van der Waals surface area contributed by atoms with Gasteiger partial charge in [0.2, 0.25) is 0 Å². The molecule has 0 heteroatoms. The summed E-state index contributed by atoms with van der Waals surface area (Å²) in [5, 5.41) is 0. The summed E-state index contributed by atoms with van der Waals surface area (Å²) in [6, 6.07) is 13.8. The fourth-order valence-electron chi connectivity index (χ4n) is 3.68. The van der Waals surface area contributed by atoms with Gasteiger partial charge in [0.15, 0.2) is 0 Å². The number of hydrogen-bond acceptors (Lipinski definition) is 0. The maximum atomic E-state index is 2.33. The average Bonchev–Trinajstić information content (AvgIpc) is 2.52. The molecule has 0 N–H and O–H groups in total. The molecule has 0 spiro atoms. The molecule has 0 nitrogen and oxygen atoms in total. The molecule has 0 aromatic heterocycles. The van der Waals surface area contributed by atoms with Crippen LogP contribution in [-0.2, 0) is 0 Å². The first-order valence-electron chi connectivity index (χ1n) is 9.51. The highest BCUT2D eigenvalue weighted by atomic mass is 14.3. The third-order valence-corrected chi connectivity index (χ3v) is 5.00. The van der Waals surface area contributed by atoms with E-state index in [-0.39, 0.29) is 0 Å². The zero-order valence-corrected chi connectivity index (χ0v) is 16.8. The Kier molecular flexibility index (Phi) is 5.91. The second-order valence-corrected chi connectivity index (χ2v) is 8.24. The van der Waals surface area contributed by atoms with Crippen molar-refractivity contribution in [3.8, 4) is 11.1 Å². The van der Waals surface area contributed by atoms with Crippen LogP contribution in [0.5, 0.6) is 0 Å². The maximum absolute atomic E-state index is 2.33. The molecule has 24 heavy (non-hydrogen) atoms. The van der Waals surface area contributed by atoms with Gasteiger partial charge in [0.05, 0.1) is 0 Å². The van der Waals surface area contributed by atoms with Crippen molar-refractivity contribution >= 4 is 0 Å². The van der Waals surface area contributed by atoms with Gasteiger partial charge in [-0.1, -0.05) is 91.8 Å². The second-order valence-electron chi connectivity index (χ2n) is 8.24. The van der Waals surface area contributed by atoms with Crippen molar-refractivity contribution in [1.29, 1.82) is 0 Å². The molecule has 0 amide bonds. The molecule has 2 rings (SSSR count). The van der Waals surface area contributed by atoms with Crippen molar-refractivity contribution in [2.45, 2.75) is 79.1 Å². The molecule has 0 aliphatic heterocycles. The van der Waals surface area contributed by atoms with Crippen molar-refractivity contribution in [2.75, 3.05) is 0 Å². The highest BCUT2D eigenvalue weighted by molar-refractivity contribution is 5.79. The van der Waals surface area contributed by atoms with Crippen LogP contribution < -0.4 is 0 Å². The summed E-state index contributed by atoms with van der Waals surface area (Å²) in [4.78, 5) is 0. The molecule has 2 aromatic rings. The summed E-state index contributed by atoms with van der Waals surface area (Å²) >= 11 is 0. The van der Waals surface area contributed by atoms with Gasteiger partial charge in [-0.05, 0) is 57.1 Å². The standard InChI is InChI=1S/C24H34/c1-15(2)19-11-9-12-20(16(3)4)23(19)24-21(17(5)6)13-10-14-22(24)18(7)8/h9-18H,1-8H3. The first-order chi connectivity index (χ1) is 11.3. The second kappa shape index (κ2) is 7.55. The molecule has 0 unspecified atom stereocenters. The number of hydrogen-bond donors (Lipinski definition) is 0. The molecule has 2 aromatic carbocycles. The van der Waals surface area contributed by atoms with Gasteiger partial charge in [0.25, 0.3) is 0 Å². The van der Waals surface area contributed by atoms with Crippen molar-refractivity contribution in [3.63, 3.8) is 0 Å². The smallest absolute Gasteiger partial charge is 0.0109 e. The van der Waals surface area contributed by atoms with Crippen LogP contribution in [0.4, 0.5) is 0 Å². The van der Waals surface area contributed by atoms with E-state index in [1.807, 2.05) is 0 Å². The quantitative estimate of drug-likeness (QED) is 0.525. The molecule has 0 aliphatic rings. The fourth-order valence-corrected chi connectivity index (χ4v) is 3.68. The van der Waals surface area contributed by atoms with Gasteiger partial charge < -0.3 is 0 Å². The average molecular weight is 323 g/mol. The Bertz CT molecular complexity index is 573. The SMILES string of the molecule is CC(C)c1cccc(C(C)C)c1-c1c(C(C)C)cccc1C(C)C. The molecule has 0 saturated carbocycles. The van der Waals surface area contributed by atoms with Crippen molar-refractivity contribution in [1.82, 2.24) is 0 Å². The number of benzene rings is 2. The summed E-state index contributed by atoms with van der Waals surface area (Å²) in [6.45, 7) is 18.5. The van der Waals surface area contributed by atoms with E-state index in [9.17, 15) is 0 Å². The lowest BCUT2D eigenvalue weighted by atomic mass is 9.78. The van der Waals surface area contributed by atoms with Crippen molar-refractivity contribution in [2.24, 2.45) is 0 Å². The molecule has 0 fully saturated rings.